The van der Waals surface area contributed by atoms with Gasteiger partial charge in [-0.2, -0.15) is 13.2 Å². The maximum Gasteiger partial charge on any atom is 0.417 e. The summed E-state index contributed by atoms with van der Waals surface area (Å²) in [5.74, 6) is 0.514. The first-order chi connectivity index (χ1) is 14.3. The second-order valence-corrected chi connectivity index (χ2v) is 7.33. The topological polar surface area (TPSA) is 33.5 Å². The van der Waals surface area contributed by atoms with Crippen molar-refractivity contribution in [1.82, 2.24) is 0 Å². The predicted molar refractivity (Wildman–Crippen MR) is 111 cm³/mol. The Kier molecular flexibility index (Phi) is 5.20. The first kappa shape index (κ1) is 20.3. The molecule has 1 aliphatic heterocycles. The quantitative estimate of drug-likeness (QED) is 0.420. The number of hydrogen-bond donors (Lipinski definition) is 0. The van der Waals surface area contributed by atoms with E-state index in [0.29, 0.717) is 17.9 Å². The normalized spacial score (nSPS) is 15.2. The van der Waals surface area contributed by atoms with Crippen LogP contribution < -0.4 is 4.90 Å². The van der Waals surface area contributed by atoms with Crippen LogP contribution in [0.5, 0.6) is 0 Å². The highest BCUT2D eigenvalue weighted by atomic mass is 35.5. The zero-order chi connectivity index (χ0) is 21.5. The summed E-state index contributed by atoms with van der Waals surface area (Å²) in [6.07, 6.45) is -2.12. The summed E-state index contributed by atoms with van der Waals surface area (Å²) < 4.78 is 45.2. The zero-order valence-corrected chi connectivity index (χ0v) is 16.7. The van der Waals surface area contributed by atoms with Gasteiger partial charge in [-0.05, 0) is 48.9 Å². The van der Waals surface area contributed by atoms with E-state index in [1.807, 2.05) is 31.2 Å². The van der Waals surface area contributed by atoms with Gasteiger partial charge in [0.05, 0.1) is 21.8 Å². The number of carbonyl (C=O) groups excluding carboxylic acids is 1. The zero-order valence-electron chi connectivity index (χ0n) is 16.0. The number of hydrogen-bond acceptors (Lipinski definition) is 2. The number of furan rings is 1. The molecule has 0 spiro atoms. The van der Waals surface area contributed by atoms with E-state index in [0.717, 1.165) is 23.7 Å². The number of anilines is 1. The molecule has 154 valence electrons. The molecule has 0 bridgehead atoms. The highest BCUT2D eigenvalue weighted by molar-refractivity contribution is 6.35. The van der Waals surface area contributed by atoms with Gasteiger partial charge in [-0.1, -0.05) is 36.7 Å². The summed E-state index contributed by atoms with van der Waals surface area (Å²) in [7, 11) is 0. The highest BCUT2D eigenvalue weighted by Crippen LogP contribution is 2.39. The number of para-hydroxylation sites is 1. The van der Waals surface area contributed by atoms with Crippen molar-refractivity contribution in [2.24, 2.45) is 0 Å². The monoisotopic (exact) mass is 431 g/mol. The molecule has 0 N–H and O–H groups in total. The van der Waals surface area contributed by atoms with Crippen LogP contribution in [0.2, 0.25) is 5.02 Å². The van der Waals surface area contributed by atoms with Gasteiger partial charge in [-0.3, -0.25) is 4.79 Å². The SMILES string of the molecule is CCCN1C(=O)/C(=C\c2ccc(-c3ccc(Cl)c(C(F)(F)F)c3)o2)c2ccccc21. The lowest BCUT2D eigenvalue weighted by molar-refractivity contribution is -0.137. The number of halogens is 4. The molecule has 1 aliphatic rings. The van der Waals surface area contributed by atoms with E-state index in [1.165, 1.54) is 12.1 Å². The molecule has 2 aromatic carbocycles. The fraction of sp³-hybridized carbons (Fsp3) is 0.174. The molecule has 0 saturated carbocycles. The van der Waals surface area contributed by atoms with E-state index in [-0.39, 0.29) is 22.3 Å². The standard InChI is InChI=1S/C23H17ClF3NO2/c1-2-11-28-20-6-4-3-5-16(20)17(22(28)29)13-15-8-10-21(30-15)14-7-9-19(24)18(12-14)23(25,26)27/h3-10,12-13H,2,11H2,1H3/b17-13-. The Labute approximate surface area is 176 Å². The summed E-state index contributed by atoms with van der Waals surface area (Å²) in [6.45, 7) is 2.60. The minimum Gasteiger partial charge on any atom is -0.457 e. The van der Waals surface area contributed by atoms with Gasteiger partial charge in [0, 0.05) is 17.7 Å². The van der Waals surface area contributed by atoms with Crippen molar-refractivity contribution in [2.75, 3.05) is 11.4 Å². The van der Waals surface area contributed by atoms with Gasteiger partial charge < -0.3 is 9.32 Å². The van der Waals surface area contributed by atoms with Crippen LogP contribution in [-0.2, 0) is 11.0 Å². The minimum atomic E-state index is -4.56. The highest BCUT2D eigenvalue weighted by Gasteiger charge is 2.34. The van der Waals surface area contributed by atoms with Crippen molar-refractivity contribution in [2.45, 2.75) is 19.5 Å². The van der Waals surface area contributed by atoms with Crippen molar-refractivity contribution in [3.05, 3.63) is 76.5 Å². The van der Waals surface area contributed by atoms with Crippen LogP contribution in [0.25, 0.3) is 23.0 Å². The van der Waals surface area contributed by atoms with Crippen LogP contribution in [-0.4, -0.2) is 12.5 Å². The molecule has 30 heavy (non-hydrogen) atoms. The van der Waals surface area contributed by atoms with Gasteiger partial charge in [-0.25, -0.2) is 0 Å². The second-order valence-electron chi connectivity index (χ2n) is 6.93. The third-order valence-electron chi connectivity index (χ3n) is 4.88. The van der Waals surface area contributed by atoms with Crippen LogP contribution >= 0.6 is 11.6 Å². The average Bonchev–Trinajstić information content (AvgIpc) is 3.27. The molecular formula is C23H17ClF3NO2. The average molecular weight is 432 g/mol. The molecule has 7 heteroatoms. The third-order valence-corrected chi connectivity index (χ3v) is 5.21. The van der Waals surface area contributed by atoms with Crippen molar-refractivity contribution in [3.8, 4) is 11.3 Å². The number of benzene rings is 2. The van der Waals surface area contributed by atoms with E-state index >= 15 is 0 Å². The third kappa shape index (κ3) is 3.63. The molecule has 1 aromatic heterocycles. The lowest BCUT2D eigenvalue weighted by Gasteiger charge is -2.15. The van der Waals surface area contributed by atoms with Crippen LogP contribution in [0.1, 0.15) is 30.2 Å². The van der Waals surface area contributed by atoms with Crippen molar-refractivity contribution in [1.29, 1.82) is 0 Å². The van der Waals surface area contributed by atoms with Gasteiger partial charge in [-0.15, -0.1) is 0 Å². The minimum absolute atomic E-state index is 0.123. The number of rotatable bonds is 4. The lowest BCUT2D eigenvalue weighted by atomic mass is 10.1. The van der Waals surface area contributed by atoms with Crippen molar-refractivity contribution in [3.63, 3.8) is 0 Å². The summed E-state index contributed by atoms with van der Waals surface area (Å²) in [4.78, 5) is 14.6. The fourth-order valence-electron chi connectivity index (χ4n) is 3.52. The Morgan fingerprint density at radius 2 is 1.87 bits per heavy atom. The van der Waals surface area contributed by atoms with Gasteiger partial charge in [0.15, 0.2) is 0 Å². The van der Waals surface area contributed by atoms with Crippen LogP contribution in [0.3, 0.4) is 0 Å². The molecule has 0 saturated heterocycles. The Morgan fingerprint density at radius 1 is 1.10 bits per heavy atom. The molecule has 3 aromatic rings. The van der Waals surface area contributed by atoms with Crippen LogP contribution in [0.15, 0.2) is 59.0 Å². The van der Waals surface area contributed by atoms with Crippen molar-refractivity contribution < 1.29 is 22.4 Å². The maximum absolute atomic E-state index is 13.1. The number of carbonyl (C=O) groups is 1. The fourth-order valence-corrected chi connectivity index (χ4v) is 3.74. The maximum atomic E-state index is 13.1. The summed E-state index contributed by atoms with van der Waals surface area (Å²) in [6, 6.07) is 14.3. The predicted octanol–water partition coefficient (Wildman–Crippen LogP) is 6.92. The summed E-state index contributed by atoms with van der Waals surface area (Å²) in [5, 5.41) is -0.371. The largest absolute Gasteiger partial charge is 0.457 e. The molecule has 3 nitrogen and oxygen atoms in total. The molecule has 4 rings (SSSR count). The van der Waals surface area contributed by atoms with Gasteiger partial charge >= 0.3 is 6.18 Å². The smallest absolute Gasteiger partial charge is 0.417 e. The Bertz CT molecular complexity index is 1150. The molecular weight excluding hydrogens is 415 g/mol. The summed E-state index contributed by atoms with van der Waals surface area (Å²) in [5.41, 5.74) is 1.47. The summed E-state index contributed by atoms with van der Waals surface area (Å²) >= 11 is 5.69. The first-order valence-electron chi connectivity index (χ1n) is 9.39. The Morgan fingerprint density at radius 3 is 2.60 bits per heavy atom. The van der Waals surface area contributed by atoms with Gasteiger partial charge in [0.1, 0.15) is 11.5 Å². The van der Waals surface area contributed by atoms with E-state index < -0.39 is 11.7 Å². The molecule has 0 fully saturated rings. The van der Waals surface area contributed by atoms with E-state index in [1.54, 1.807) is 23.1 Å². The molecule has 0 atom stereocenters. The first-order valence-corrected chi connectivity index (χ1v) is 9.77. The number of nitrogens with zero attached hydrogens (tertiary/aromatic N) is 1. The Hall–Kier alpha value is -2.99. The number of fused-ring (bicyclic) bond motifs is 1. The van der Waals surface area contributed by atoms with E-state index in [2.05, 4.69) is 0 Å². The lowest BCUT2D eigenvalue weighted by Crippen LogP contribution is -2.26. The van der Waals surface area contributed by atoms with Gasteiger partial charge in [0.2, 0.25) is 0 Å². The number of amides is 1. The van der Waals surface area contributed by atoms with Crippen LogP contribution in [0.4, 0.5) is 18.9 Å². The molecule has 2 heterocycles. The van der Waals surface area contributed by atoms with Crippen LogP contribution in [0, 0.1) is 0 Å². The van der Waals surface area contributed by atoms with Crippen molar-refractivity contribution >= 4 is 34.8 Å². The Balaban J connectivity index is 1.71. The number of alkyl halides is 3. The van der Waals surface area contributed by atoms with Gasteiger partial charge in [0.25, 0.3) is 5.91 Å². The molecule has 1 amide bonds. The van der Waals surface area contributed by atoms with E-state index in [4.69, 9.17) is 16.0 Å². The molecule has 0 radical (unpaired) electrons. The molecule has 0 unspecified atom stereocenters. The second kappa shape index (κ2) is 7.69. The van der Waals surface area contributed by atoms with E-state index in [9.17, 15) is 18.0 Å². The molecule has 0 aliphatic carbocycles.